The lowest BCUT2D eigenvalue weighted by Gasteiger charge is -2.14. The topological polar surface area (TPSA) is 160 Å². The summed E-state index contributed by atoms with van der Waals surface area (Å²) in [4.78, 5) is 14.8. The number of sulfonamides is 1. The molecule has 0 bridgehead atoms. The lowest BCUT2D eigenvalue weighted by atomic mass is 10.1. The molecule has 1 atom stereocenters. The number of nitrogens with zero attached hydrogens (tertiary/aromatic N) is 1. The Balaban J connectivity index is 4.31. The third-order valence-electron chi connectivity index (χ3n) is 1.73. The van der Waals surface area contributed by atoms with Crippen LogP contribution in [0.3, 0.4) is 0 Å². The monoisotopic (exact) mass is 267 g/mol. The van der Waals surface area contributed by atoms with Crippen LogP contribution in [0, 0.1) is 0 Å². The zero-order valence-corrected chi connectivity index (χ0v) is 10.2. The van der Waals surface area contributed by atoms with Crippen molar-refractivity contribution in [3.8, 4) is 0 Å². The van der Waals surface area contributed by atoms with Gasteiger partial charge in [0.15, 0.2) is 5.96 Å². The van der Waals surface area contributed by atoms with Crippen molar-refractivity contribution < 1.29 is 18.4 Å². The van der Waals surface area contributed by atoms with Crippen LogP contribution < -0.4 is 21.7 Å². The van der Waals surface area contributed by atoms with Crippen LogP contribution >= 0.6 is 0 Å². The Labute approximate surface area is 99.3 Å². The fourth-order valence-corrected chi connectivity index (χ4v) is 1.83. The van der Waals surface area contributed by atoms with Crippen molar-refractivity contribution in [3.05, 3.63) is 0 Å². The van der Waals surface area contributed by atoms with E-state index in [0.717, 1.165) is 6.26 Å². The first kappa shape index (κ1) is 15.6. The molecule has 9 nitrogen and oxygen atoms in total. The molecule has 0 aliphatic carbocycles. The Morgan fingerprint density at radius 1 is 1.47 bits per heavy atom. The van der Waals surface area contributed by atoms with E-state index in [-0.39, 0.29) is 18.9 Å². The highest BCUT2D eigenvalue weighted by Crippen LogP contribution is 1.99. The highest BCUT2D eigenvalue weighted by atomic mass is 32.2. The minimum absolute atomic E-state index is 0.0794. The summed E-state index contributed by atoms with van der Waals surface area (Å²) in [7, 11) is -3.54. The van der Waals surface area contributed by atoms with E-state index < -0.39 is 22.0 Å². The van der Waals surface area contributed by atoms with Gasteiger partial charge in [0.05, 0.1) is 6.26 Å². The van der Waals surface area contributed by atoms with E-state index in [1.54, 1.807) is 0 Å². The molecule has 0 unspecified atom stereocenters. The largest absolute Gasteiger partial charge is 0.370 e. The van der Waals surface area contributed by atoms with Gasteiger partial charge in [0.2, 0.25) is 10.0 Å². The molecular weight excluding hydrogens is 250 g/mol. The van der Waals surface area contributed by atoms with Gasteiger partial charge in [-0.3, -0.25) is 15.0 Å². The second-order valence-electron chi connectivity index (χ2n) is 3.37. The van der Waals surface area contributed by atoms with Gasteiger partial charge in [0, 0.05) is 6.54 Å². The summed E-state index contributed by atoms with van der Waals surface area (Å²) in [6.45, 7) is 0.267. The van der Waals surface area contributed by atoms with Gasteiger partial charge in [-0.15, -0.1) is 0 Å². The molecule has 100 valence electrons. The van der Waals surface area contributed by atoms with Gasteiger partial charge in [-0.2, -0.15) is 0 Å². The van der Waals surface area contributed by atoms with Gasteiger partial charge in [-0.05, 0) is 12.8 Å². The van der Waals surface area contributed by atoms with Gasteiger partial charge in [-0.25, -0.2) is 18.6 Å². The molecule has 10 heteroatoms. The number of carbonyl (C=O) groups is 1. The van der Waals surface area contributed by atoms with E-state index in [4.69, 9.17) is 16.7 Å². The molecular formula is C7H17N5O4S. The number of aliphatic imine (C=N–C) groups is 1. The first-order valence-corrected chi connectivity index (χ1v) is 6.62. The highest BCUT2D eigenvalue weighted by molar-refractivity contribution is 7.88. The van der Waals surface area contributed by atoms with Gasteiger partial charge in [0.1, 0.15) is 6.04 Å². The minimum Gasteiger partial charge on any atom is -0.370 e. The Morgan fingerprint density at radius 2 is 2.06 bits per heavy atom. The molecule has 0 rings (SSSR count). The fourth-order valence-electron chi connectivity index (χ4n) is 1.08. The van der Waals surface area contributed by atoms with E-state index in [0.29, 0.717) is 6.42 Å². The summed E-state index contributed by atoms with van der Waals surface area (Å²) in [5.74, 6) is -0.913. The number of hydrogen-bond donors (Lipinski definition) is 5. The molecule has 0 fully saturated rings. The molecule has 7 N–H and O–H groups in total. The number of nitrogens with two attached hydrogens (primary N) is 2. The Hall–Kier alpha value is -1.39. The van der Waals surface area contributed by atoms with Crippen LogP contribution in [0.1, 0.15) is 12.8 Å². The molecule has 0 aromatic heterocycles. The second-order valence-corrected chi connectivity index (χ2v) is 5.15. The van der Waals surface area contributed by atoms with Crippen molar-refractivity contribution in [1.29, 1.82) is 0 Å². The molecule has 0 spiro atoms. The first-order valence-electron chi connectivity index (χ1n) is 4.73. The SMILES string of the molecule is CS(=O)(=O)N[C@@H](CCCN=C(N)N)C(=O)NO. The van der Waals surface area contributed by atoms with Crippen molar-refractivity contribution >= 4 is 21.9 Å². The standard InChI is InChI=1S/C7H17N5O4S/c1-17(15,16)12-5(6(13)11-14)3-2-4-10-7(8)9/h5,12,14H,2-4H2,1H3,(H,11,13)(H4,8,9,10)/t5-/m0/s1. The molecule has 0 saturated carbocycles. The maximum absolute atomic E-state index is 11.1. The number of hydroxylamine groups is 1. The number of guanidine groups is 1. The van der Waals surface area contributed by atoms with E-state index in [1.165, 1.54) is 5.48 Å². The summed E-state index contributed by atoms with van der Waals surface area (Å²) >= 11 is 0. The number of nitrogens with one attached hydrogen (secondary N) is 2. The van der Waals surface area contributed by atoms with Crippen LogP contribution in [0.5, 0.6) is 0 Å². The summed E-state index contributed by atoms with van der Waals surface area (Å²) in [5, 5.41) is 8.44. The van der Waals surface area contributed by atoms with Crippen molar-refractivity contribution in [1.82, 2.24) is 10.2 Å². The van der Waals surface area contributed by atoms with Crippen LogP contribution in [-0.4, -0.2) is 44.3 Å². The van der Waals surface area contributed by atoms with Gasteiger partial charge in [0.25, 0.3) is 5.91 Å². The molecule has 0 heterocycles. The first-order chi connectivity index (χ1) is 7.76. The number of amides is 1. The predicted molar refractivity (Wildman–Crippen MR) is 61.6 cm³/mol. The summed E-state index contributed by atoms with van der Waals surface area (Å²) in [6.07, 6.45) is 1.47. The molecule has 1 amide bonds. The summed E-state index contributed by atoms with van der Waals surface area (Å²) in [6, 6.07) is -1.05. The van der Waals surface area contributed by atoms with E-state index in [9.17, 15) is 13.2 Å². The maximum atomic E-state index is 11.1. The lowest BCUT2D eigenvalue weighted by molar-refractivity contribution is -0.131. The van der Waals surface area contributed by atoms with Crippen LogP contribution in [0.4, 0.5) is 0 Å². The predicted octanol–water partition coefficient (Wildman–Crippen LogP) is -2.54. The zero-order valence-electron chi connectivity index (χ0n) is 9.38. The van der Waals surface area contributed by atoms with Crippen LogP contribution in [0.2, 0.25) is 0 Å². The highest BCUT2D eigenvalue weighted by Gasteiger charge is 2.20. The number of hydrogen-bond acceptors (Lipinski definition) is 5. The van der Waals surface area contributed by atoms with E-state index in [1.807, 2.05) is 0 Å². The third kappa shape index (κ3) is 8.42. The minimum atomic E-state index is -3.54. The lowest BCUT2D eigenvalue weighted by Crippen LogP contribution is -2.45. The molecule has 0 saturated heterocycles. The Bertz CT molecular complexity index is 376. The number of carbonyl (C=O) groups excluding carboxylic acids is 1. The summed E-state index contributed by atoms with van der Waals surface area (Å²) < 4.78 is 24.0. The molecule has 0 aliphatic rings. The van der Waals surface area contributed by atoms with E-state index in [2.05, 4.69) is 9.71 Å². The smallest absolute Gasteiger partial charge is 0.261 e. The Kier molecular flexibility index (Phi) is 6.46. The van der Waals surface area contributed by atoms with Crippen LogP contribution in [-0.2, 0) is 14.8 Å². The van der Waals surface area contributed by atoms with Crippen molar-refractivity contribution in [3.63, 3.8) is 0 Å². The van der Waals surface area contributed by atoms with Gasteiger partial charge < -0.3 is 11.5 Å². The maximum Gasteiger partial charge on any atom is 0.261 e. The molecule has 17 heavy (non-hydrogen) atoms. The quantitative estimate of drug-likeness (QED) is 0.112. The fraction of sp³-hybridized carbons (Fsp3) is 0.714. The normalized spacial score (nSPS) is 12.8. The molecule has 0 aliphatic heterocycles. The number of rotatable bonds is 7. The molecule has 0 aromatic rings. The second kappa shape index (κ2) is 7.04. The average Bonchev–Trinajstić information content (AvgIpc) is 2.19. The van der Waals surface area contributed by atoms with Crippen molar-refractivity contribution in [2.75, 3.05) is 12.8 Å². The zero-order chi connectivity index (χ0) is 13.5. The van der Waals surface area contributed by atoms with Crippen LogP contribution in [0.15, 0.2) is 4.99 Å². The average molecular weight is 267 g/mol. The van der Waals surface area contributed by atoms with Gasteiger partial charge in [-0.1, -0.05) is 0 Å². The van der Waals surface area contributed by atoms with Crippen LogP contribution in [0.25, 0.3) is 0 Å². The van der Waals surface area contributed by atoms with Gasteiger partial charge >= 0.3 is 0 Å². The van der Waals surface area contributed by atoms with Crippen molar-refractivity contribution in [2.24, 2.45) is 16.5 Å². The summed E-state index contributed by atoms with van der Waals surface area (Å²) in [5.41, 5.74) is 11.6. The molecule has 0 radical (unpaired) electrons. The third-order valence-corrected chi connectivity index (χ3v) is 2.44. The van der Waals surface area contributed by atoms with E-state index >= 15 is 0 Å². The van der Waals surface area contributed by atoms with Crippen molar-refractivity contribution in [2.45, 2.75) is 18.9 Å². The Morgan fingerprint density at radius 3 is 2.47 bits per heavy atom. The molecule has 0 aromatic carbocycles.